The molecule has 0 saturated carbocycles. The standard InChI is InChI=1S/C24H25N3O4/c1-16-13-20(7-8-22(16)17(2)28)31-15-21-14-27(11-12-30-21)24(29)19-5-3-18(4-6-19)23-9-10-25-26-23/h3-10,13,21H,11-12,14-15H2,1-2H3,(H,25,26). The molecule has 1 saturated heterocycles. The summed E-state index contributed by atoms with van der Waals surface area (Å²) in [5, 5.41) is 6.87. The average Bonchev–Trinajstić information content (AvgIpc) is 3.32. The van der Waals surface area contributed by atoms with Gasteiger partial charge < -0.3 is 14.4 Å². The summed E-state index contributed by atoms with van der Waals surface area (Å²) in [5.74, 6) is 0.696. The molecule has 0 radical (unpaired) electrons. The van der Waals surface area contributed by atoms with Crippen LogP contribution in [0.25, 0.3) is 11.3 Å². The van der Waals surface area contributed by atoms with Crippen molar-refractivity contribution >= 4 is 11.7 Å². The summed E-state index contributed by atoms with van der Waals surface area (Å²) in [6.45, 7) is 5.25. The molecule has 7 heteroatoms. The highest BCUT2D eigenvalue weighted by Crippen LogP contribution is 2.20. The zero-order chi connectivity index (χ0) is 21.8. The van der Waals surface area contributed by atoms with Crippen LogP contribution in [-0.2, 0) is 4.74 Å². The van der Waals surface area contributed by atoms with Crippen molar-refractivity contribution in [3.8, 4) is 17.0 Å². The third kappa shape index (κ3) is 4.83. The number of carbonyl (C=O) groups excluding carboxylic acids is 2. The van der Waals surface area contributed by atoms with E-state index in [4.69, 9.17) is 9.47 Å². The molecule has 1 N–H and O–H groups in total. The largest absolute Gasteiger partial charge is 0.491 e. The lowest BCUT2D eigenvalue weighted by molar-refractivity contribution is -0.0401. The van der Waals surface area contributed by atoms with Crippen molar-refractivity contribution < 1.29 is 19.1 Å². The third-order valence-electron chi connectivity index (χ3n) is 5.38. The Labute approximate surface area is 181 Å². The minimum absolute atomic E-state index is 0.0221. The van der Waals surface area contributed by atoms with Crippen molar-refractivity contribution in [2.24, 2.45) is 0 Å². The maximum Gasteiger partial charge on any atom is 0.254 e. The maximum atomic E-state index is 12.9. The van der Waals surface area contributed by atoms with E-state index >= 15 is 0 Å². The molecule has 0 bridgehead atoms. The van der Waals surface area contributed by atoms with Crippen LogP contribution >= 0.6 is 0 Å². The molecule has 2 aromatic carbocycles. The van der Waals surface area contributed by atoms with Gasteiger partial charge in [-0.2, -0.15) is 5.10 Å². The molecule has 0 spiro atoms. The number of H-pyrrole nitrogens is 1. The molecule has 7 nitrogen and oxygen atoms in total. The second-order valence-electron chi connectivity index (χ2n) is 7.64. The Kier molecular flexibility index (Phi) is 6.13. The number of Topliss-reactive ketones (excluding diaryl/α,β-unsaturated/α-hetero) is 1. The number of hydrogen-bond donors (Lipinski definition) is 1. The molecule has 1 amide bonds. The van der Waals surface area contributed by atoms with Crippen molar-refractivity contribution in [1.29, 1.82) is 0 Å². The Hall–Kier alpha value is -3.45. The van der Waals surface area contributed by atoms with Gasteiger partial charge in [0.15, 0.2) is 5.78 Å². The van der Waals surface area contributed by atoms with Gasteiger partial charge in [-0.3, -0.25) is 14.7 Å². The molecule has 1 aliphatic heterocycles. The summed E-state index contributed by atoms with van der Waals surface area (Å²) in [4.78, 5) is 26.3. The van der Waals surface area contributed by atoms with Crippen LogP contribution in [0.3, 0.4) is 0 Å². The Morgan fingerprint density at radius 1 is 1.19 bits per heavy atom. The van der Waals surface area contributed by atoms with Gasteiger partial charge in [-0.1, -0.05) is 12.1 Å². The lowest BCUT2D eigenvalue weighted by Gasteiger charge is -2.33. The second-order valence-corrected chi connectivity index (χ2v) is 7.64. The molecule has 2 heterocycles. The summed E-state index contributed by atoms with van der Waals surface area (Å²) in [6, 6.07) is 14.8. The minimum Gasteiger partial charge on any atom is -0.491 e. The van der Waals surface area contributed by atoms with Crippen LogP contribution in [-0.4, -0.2) is 59.2 Å². The molecule has 1 fully saturated rings. The van der Waals surface area contributed by atoms with Gasteiger partial charge in [0, 0.05) is 23.9 Å². The summed E-state index contributed by atoms with van der Waals surface area (Å²) >= 11 is 0. The normalized spacial score (nSPS) is 16.2. The van der Waals surface area contributed by atoms with E-state index in [1.165, 1.54) is 0 Å². The van der Waals surface area contributed by atoms with Crippen LogP contribution in [0.4, 0.5) is 0 Å². The Morgan fingerprint density at radius 3 is 2.68 bits per heavy atom. The third-order valence-corrected chi connectivity index (χ3v) is 5.38. The molecule has 0 aliphatic carbocycles. The number of benzene rings is 2. The first-order valence-corrected chi connectivity index (χ1v) is 10.3. The number of hydrogen-bond acceptors (Lipinski definition) is 5. The second kappa shape index (κ2) is 9.14. The van der Waals surface area contributed by atoms with Gasteiger partial charge in [-0.05, 0) is 61.4 Å². The van der Waals surface area contributed by atoms with Crippen LogP contribution in [0.5, 0.6) is 5.75 Å². The number of aromatic nitrogens is 2. The first kappa shape index (κ1) is 20.8. The monoisotopic (exact) mass is 419 g/mol. The number of nitrogens with zero attached hydrogens (tertiary/aromatic N) is 2. The van der Waals surface area contributed by atoms with Crippen LogP contribution in [0.1, 0.15) is 33.2 Å². The van der Waals surface area contributed by atoms with Crippen LogP contribution in [0.15, 0.2) is 54.7 Å². The lowest BCUT2D eigenvalue weighted by atomic mass is 10.1. The first-order chi connectivity index (χ1) is 15.0. The van der Waals surface area contributed by atoms with E-state index in [2.05, 4.69) is 10.2 Å². The highest BCUT2D eigenvalue weighted by atomic mass is 16.5. The fraction of sp³-hybridized carbons (Fsp3) is 0.292. The lowest BCUT2D eigenvalue weighted by Crippen LogP contribution is -2.47. The predicted molar refractivity (Wildman–Crippen MR) is 116 cm³/mol. The van der Waals surface area contributed by atoms with E-state index in [0.717, 1.165) is 16.8 Å². The van der Waals surface area contributed by atoms with E-state index in [1.54, 1.807) is 30.2 Å². The Bertz CT molecular complexity index is 1060. The summed E-state index contributed by atoms with van der Waals surface area (Å²) in [6.07, 6.45) is 1.48. The fourth-order valence-electron chi connectivity index (χ4n) is 3.71. The minimum atomic E-state index is -0.213. The molecule has 1 atom stereocenters. The number of aryl methyl sites for hydroxylation is 1. The average molecular weight is 419 g/mol. The number of amides is 1. The summed E-state index contributed by atoms with van der Waals surface area (Å²) in [5.41, 5.74) is 4.10. The Balaban J connectivity index is 1.35. The first-order valence-electron chi connectivity index (χ1n) is 10.3. The van der Waals surface area contributed by atoms with Crippen molar-refractivity contribution in [2.45, 2.75) is 20.0 Å². The molecule has 31 heavy (non-hydrogen) atoms. The van der Waals surface area contributed by atoms with E-state index < -0.39 is 0 Å². The number of ketones is 1. The van der Waals surface area contributed by atoms with Gasteiger partial charge in [0.2, 0.25) is 0 Å². The van der Waals surface area contributed by atoms with Gasteiger partial charge >= 0.3 is 0 Å². The molecule has 3 aromatic rings. The van der Waals surface area contributed by atoms with E-state index in [9.17, 15) is 9.59 Å². The van der Waals surface area contributed by atoms with Crippen molar-refractivity contribution in [1.82, 2.24) is 15.1 Å². The van der Waals surface area contributed by atoms with Crippen molar-refractivity contribution in [3.05, 3.63) is 71.4 Å². The summed E-state index contributed by atoms with van der Waals surface area (Å²) < 4.78 is 11.7. The van der Waals surface area contributed by atoms with Gasteiger partial charge in [-0.25, -0.2) is 0 Å². The van der Waals surface area contributed by atoms with Crippen molar-refractivity contribution in [3.63, 3.8) is 0 Å². The molecule has 1 aromatic heterocycles. The fourth-order valence-corrected chi connectivity index (χ4v) is 3.71. The van der Waals surface area contributed by atoms with Crippen LogP contribution < -0.4 is 4.74 Å². The smallest absolute Gasteiger partial charge is 0.254 e. The van der Waals surface area contributed by atoms with E-state index in [1.807, 2.05) is 43.3 Å². The molecular formula is C24H25N3O4. The molecule has 4 rings (SSSR count). The highest BCUT2D eigenvalue weighted by molar-refractivity contribution is 5.95. The van der Waals surface area contributed by atoms with Gasteiger partial charge in [0.05, 0.1) is 18.8 Å². The van der Waals surface area contributed by atoms with E-state index in [0.29, 0.717) is 43.2 Å². The number of rotatable bonds is 6. The SMILES string of the molecule is CC(=O)c1ccc(OCC2CN(C(=O)c3ccc(-c4ccn[nH]4)cc3)CCO2)cc1C. The van der Waals surface area contributed by atoms with Gasteiger partial charge in [0.1, 0.15) is 18.5 Å². The number of morpholine rings is 1. The summed E-state index contributed by atoms with van der Waals surface area (Å²) in [7, 11) is 0. The molecule has 1 unspecified atom stereocenters. The maximum absolute atomic E-state index is 12.9. The van der Waals surface area contributed by atoms with Crippen LogP contribution in [0.2, 0.25) is 0 Å². The molecular weight excluding hydrogens is 394 g/mol. The predicted octanol–water partition coefficient (Wildman–Crippen LogP) is 3.51. The van der Waals surface area contributed by atoms with Gasteiger partial charge in [-0.15, -0.1) is 0 Å². The van der Waals surface area contributed by atoms with E-state index in [-0.39, 0.29) is 17.8 Å². The molecule has 160 valence electrons. The van der Waals surface area contributed by atoms with Crippen molar-refractivity contribution in [2.75, 3.05) is 26.3 Å². The quantitative estimate of drug-likeness (QED) is 0.618. The van der Waals surface area contributed by atoms with Crippen LogP contribution in [0, 0.1) is 6.92 Å². The topological polar surface area (TPSA) is 84.5 Å². The Morgan fingerprint density at radius 2 is 2.00 bits per heavy atom. The number of ether oxygens (including phenoxy) is 2. The number of nitrogens with one attached hydrogen (secondary N) is 1. The molecule has 1 aliphatic rings. The zero-order valence-corrected chi connectivity index (χ0v) is 17.6. The zero-order valence-electron chi connectivity index (χ0n) is 17.6. The van der Waals surface area contributed by atoms with Gasteiger partial charge in [0.25, 0.3) is 5.91 Å². The number of aromatic amines is 1. The highest BCUT2D eigenvalue weighted by Gasteiger charge is 2.25. The number of carbonyl (C=O) groups is 2.